The smallest absolute Gasteiger partial charge is 0.338 e. The number of carbonyl (C=O) groups excluding carboxylic acids is 2. The van der Waals surface area contributed by atoms with E-state index in [1.807, 2.05) is 0 Å². The van der Waals surface area contributed by atoms with Gasteiger partial charge in [-0.1, -0.05) is 18.2 Å². The lowest BCUT2D eigenvalue weighted by molar-refractivity contribution is -0.427. The molecule has 0 aromatic heterocycles. The lowest BCUT2D eigenvalue weighted by atomic mass is 9.41. The van der Waals surface area contributed by atoms with Crippen LogP contribution in [0.2, 0.25) is 0 Å². The number of phenolic OH excluding ortho intramolecular Hbond substituents is 3. The maximum atomic E-state index is 13.0. The molecule has 0 unspecified atom stereocenters. The fourth-order valence-corrected chi connectivity index (χ4v) is 8.06. The summed E-state index contributed by atoms with van der Waals surface area (Å²) < 4.78 is 42.0. The van der Waals surface area contributed by atoms with E-state index >= 15 is 0 Å². The van der Waals surface area contributed by atoms with E-state index in [1.54, 1.807) is 37.3 Å². The van der Waals surface area contributed by atoms with Crippen molar-refractivity contribution < 1.29 is 73.4 Å². The van der Waals surface area contributed by atoms with Crippen molar-refractivity contribution in [2.45, 2.75) is 73.8 Å². The largest absolute Gasteiger partial charge is 0.504 e. The highest BCUT2D eigenvalue weighted by Gasteiger charge is 2.95. The molecule has 15 nitrogen and oxygen atoms in total. The molecule has 0 radical (unpaired) electrons. The summed E-state index contributed by atoms with van der Waals surface area (Å²) in [4.78, 5) is 25.6. The second-order valence-electron chi connectivity index (χ2n) is 12.7. The van der Waals surface area contributed by atoms with Gasteiger partial charge in [0.1, 0.15) is 48.8 Å². The highest BCUT2D eigenvalue weighted by atomic mass is 16.8. The number of aliphatic hydroxyl groups is 3. The van der Waals surface area contributed by atoms with E-state index in [4.69, 9.17) is 33.2 Å². The average molecular weight is 647 g/mol. The fraction of sp³-hybridized carbons (Fsp3) is 0.548. The van der Waals surface area contributed by atoms with Crippen LogP contribution in [0.1, 0.15) is 40.5 Å². The molecule has 248 valence electrons. The summed E-state index contributed by atoms with van der Waals surface area (Å²) in [7, 11) is 1.53. The highest BCUT2D eigenvalue weighted by molar-refractivity contribution is 5.91. The van der Waals surface area contributed by atoms with Crippen molar-refractivity contribution in [3.63, 3.8) is 0 Å². The van der Waals surface area contributed by atoms with Crippen molar-refractivity contribution in [2.24, 2.45) is 11.3 Å². The third kappa shape index (κ3) is 4.07. The molecule has 9 rings (SSSR count). The molecule has 0 spiro atoms. The second-order valence-corrected chi connectivity index (χ2v) is 12.7. The third-order valence-electron chi connectivity index (χ3n) is 10.4. The number of aliphatic hydroxyl groups excluding tert-OH is 3. The van der Waals surface area contributed by atoms with E-state index in [0.717, 1.165) is 12.1 Å². The normalized spacial score (nSPS) is 41.6. The SMILES string of the molecule is CO[C@]12C[C@]3(C)O[C@H](O1)[C@]1(COC(=O)c4ccccc4)[C@H]2C[C@@]13O[C@@H]1O[C@H](COC(=O)c2cc(O)c(O)c(O)c2)[C@@H](O)[C@H](O)[C@H]1O. The van der Waals surface area contributed by atoms with Gasteiger partial charge >= 0.3 is 11.9 Å². The molecular weight excluding hydrogens is 612 g/mol. The first kappa shape index (κ1) is 31.1. The van der Waals surface area contributed by atoms with Crippen LogP contribution in [0.25, 0.3) is 0 Å². The Labute approximate surface area is 261 Å². The predicted octanol–water partition coefficient (Wildman–Crippen LogP) is 0.278. The Hall–Kier alpha value is -3.54. The number of hydrogen-bond donors (Lipinski definition) is 6. The Bertz CT molecular complexity index is 1530. The number of esters is 2. The van der Waals surface area contributed by atoms with Gasteiger partial charge in [-0.2, -0.15) is 0 Å². The van der Waals surface area contributed by atoms with E-state index in [1.165, 1.54) is 7.11 Å². The molecule has 4 aliphatic heterocycles. The lowest BCUT2D eigenvalue weighted by Crippen LogP contribution is -2.81. The van der Waals surface area contributed by atoms with Crippen LogP contribution >= 0.6 is 0 Å². The summed E-state index contributed by atoms with van der Waals surface area (Å²) in [6.45, 7) is 0.987. The van der Waals surface area contributed by atoms with Crippen molar-refractivity contribution in [3.8, 4) is 17.2 Å². The molecule has 7 aliphatic rings. The van der Waals surface area contributed by atoms with Gasteiger partial charge in [-0.3, -0.25) is 0 Å². The van der Waals surface area contributed by atoms with Crippen LogP contribution in [0.4, 0.5) is 0 Å². The van der Waals surface area contributed by atoms with Crippen LogP contribution in [0.15, 0.2) is 42.5 Å². The molecule has 3 aliphatic carbocycles. The van der Waals surface area contributed by atoms with Gasteiger partial charge in [0.15, 0.2) is 35.6 Å². The summed E-state index contributed by atoms with van der Waals surface area (Å²) >= 11 is 0. The zero-order chi connectivity index (χ0) is 32.8. The van der Waals surface area contributed by atoms with E-state index in [2.05, 4.69) is 0 Å². The minimum Gasteiger partial charge on any atom is -0.504 e. The van der Waals surface area contributed by atoms with Gasteiger partial charge in [0.25, 0.3) is 0 Å². The minimum atomic E-state index is -1.78. The van der Waals surface area contributed by atoms with Gasteiger partial charge in [-0.05, 0) is 37.6 Å². The Kier molecular flexibility index (Phi) is 7.08. The summed E-state index contributed by atoms with van der Waals surface area (Å²) in [5, 5.41) is 61.5. The molecule has 15 heteroatoms. The Morgan fingerprint density at radius 1 is 0.913 bits per heavy atom. The van der Waals surface area contributed by atoms with E-state index in [9.17, 15) is 40.2 Å². The van der Waals surface area contributed by atoms with Gasteiger partial charge in [-0.15, -0.1) is 0 Å². The molecule has 2 aromatic carbocycles. The Morgan fingerprint density at radius 3 is 2.26 bits per heavy atom. The van der Waals surface area contributed by atoms with E-state index in [0.29, 0.717) is 12.0 Å². The number of ether oxygens (including phenoxy) is 7. The minimum absolute atomic E-state index is 0.182. The molecule has 3 saturated carbocycles. The van der Waals surface area contributed by atoms with Crippen LogP contribution in [0.3, 0.4) is 0 Å². The number of benzene rings is 2. The number of carbonyl (C=O) groups is 2. The first-order valence-corrected chi connectivity index (χ1v) is 14.7. The maximum absolute atomic E-state index is 13.0. The fourth-order valence-electron chi connectivity index (χ4n) is 8.06. The zero-order valence-corrected chi connectivity index (χ0v) is 24.8. The van der Waals surface area contributed by atoms with Crippen LogP contribution in [0, 0.1) is 11.3 Å². The zero-order valence-electron chi connectivity index (χ0n) is 24.8. The summed E-state index contributed by atoms with van der Waals surface area (Å²) in [5.74, 6) is -5.33. The van der Waals surface area contributed by atoms with Crippen LogP contribution in [-0.2, 0) is 33.2 Å². The molecule has 6 N–H and O–H groups in total. The predicted molar refractivity (Wildman–Crippen MR) is 148 cm³/mol. The highest BCUT2D eigenvalue weighted by Crippen LogP contribution is 2.82. The number of methoxy groups -OCH3 is 1. The summed E-state index contributed by atoms with van der Waals surface area (Å²) in [6, 6.07) is 10.2. The first-order valence-electron chi connectivity index (χ1n) is 14.7. The third-order valence-corrected chi connectivity index (χ3v) is 10.4. The van der Waals surface area contributed by atoms with Gasteiger partial charge < -0.3 is 63.8 Å². The van der Waals surface area contributed by atoms with Crippen molar-refractivity contribution in [3.05, 3.63) is 53.6 Å². The molecular formula is C31H34O15. The van der Waals surface area contributed by atoms with Crippen molar-refractivity contribution >= 4 is 11.9 Å². The number of phenols is 3. The number of rotatable bonds is 9. The number of hydrogen-bond acceptors (Lipinski definition) is 15. The van der Waals surface area contributed by atoms with Crippen molar-refractivity contribution in [2.75, 3.05) is 20.3 Å². The molecule has 11 atom stereocenters. The molecule has 2 aromatic rings. The molecule has 4 heterocycles. The molecule has 0 amide bonds. The van der Waals surface area contributed by atoms with Crippen molar-refractivity contribution in [1.82, 2.24) is 0 Å². The van der Waals surface area contributed by atoms with Crippen molar-refractivity contribution in [1.29, 1.82) is 0 Å². The summed E-state index contributed by atoms with van der Waals surface area (Å²) in [6.07, 6.45) is -8.56. The topological polar surface area (TPSA) is 220 Å². The van der Waals surface area contributed by atoms with E-state index in [-0.39, 0.29) is 24.5 Å². The van der Waals surface area contributed by atoms with Crippen LogP contribution in [0.5, 0.6) is 17.2 Å². The van der Waals surface area contributed by atoms with E-state index < -0.39 is 95.2 Å². The second kappa shape index (κ2) is 10.5. The van der Waals surface area contributed by atoms with Gasteiger partial charge in [0, 0.05) is 19.4 Å². The van der Waals surface area contributed by atoms with Gasteiger partial charge in [0.2, 0.25) is 0 Å². The molecule has 4 saturated heterocycles. The molecule has 7 fully saturated rings. The standard InChI is InChI=1S/C31H34O15/c1-28-12-30(40-2)19-10-31(28,29(19,27(45-28)46-30)13-42-24(38)14-6-4-3-5-7-14)44-26-23(37)22(36)21(35)18(43-26)11-41-25(39)15-8-16(32)20(34)17(33)9-15/h3-9,18-19,21-23,26-27,32-37H,10-13H2,1-2H3/t18-,19-,21-,22+,23-,26+,27-,28+,29+,30-,31+/m1/s1. The molecule has 46 heavy (non-hydrogen) atoms. The first-order chi connectivity index (χ1) is 21.8. The quantitative estimate of drug-likeness (QED) is 0.159. The monoisotopic (exact) mass is 646 g/mol. The number of aromatic hydroxyl groups is 3. The van der Waals surface area contributed by atoms with Gasteiger partial charge in [0.05, 0.1) is 16.5 Å². The average Bonchev–Trinajstić information content (AvgIpc) is 3.25. The molecule has 6 bridgehead atoms. The Balaban J connectivity index is 1.13. The van der Waals surface area contributed by atoms with Crippen LogP contribution < -0.4 is 0 Å². The lowest BCUT2D eigenvalue weighted by Gasteiger charge is -2.68. The van der Waals surface area contributed by atoms with Crippen LogP contribution in [-0.4, -0.2) is 117 Å². The summed E-state index contributed by atoms with van der Waals surface area (Å²) in [5.41, 5.74) is -3.40. The Morgan fingerprint density at radius 2 is 1.59 bits per heavy atom. The maximum Gasteiger partial charge on any atom is 0.338 e. The van der Waals surface area contributed by atoms with Gasteiger partial charge in [-0.25, -0.2) is 9.59 Å².